The molecule has 0 amide bonds. The predicted octanol–water partition coefficient (Wildman–Crippen LogP) is 0.926. The average molecular weight is 247 g/mol. The van der Waals surface area contributed by atoms with E-state index in [1.54, 1.807) is 0 Å². The summed E-state index contributed by atoms with van der Waals surface area (Å²) in [6.45, 7) is 7.18. The van der Waals surface area contributed by atoms with Gasteiger partial charge in [0.1, 0.15) is 5.72 Å². The van der Waals surface area contributed by atoms with E-state index in [9.17, 15) is 8.42 Å². The van der Waals surface area contributed by atoms with E-state index in [0.717, 1.165) is 6.42 Å². The van der Waals surface area contributed by atoms with Crippen LogP contribution in [0, 0.1) is 5.41 Å². The number of hydrogen-bond acceptors (Lipinski definition) is 4. The van der Waals surface area contributed by atoms with Crippen molar-refractivity contribution < 1.29 is 13.2 Å². The maximum Gasteiger partial charge on any atom is 0.154 e. The summed E-state index contributed by atoms with van der Waals surface area (Å²) in [4.78, 5) is 0. The van der Waals surface area contributed by atoms with E-state index in [1.807, 2.05) is 0 Å². The zero-order valence-electron chi connectivity index (χ0n) is 10.2. The molecule has 1 spiro atoms. The van der Waals surface area contributed by atoms with E-state index >= 15 is 0 Å². The van der Waals surface area contributed by atoms with E-state index in [2.05, 4.69) is 26.1 Å². The summed E-state index contributed by atoms with van der Waals surface area (Å²) < 4.78 is 28.8. The minimum atomic E-state index is -2.91. The molecule has 94 valence electrons. The van der Waals surface area contributed by atoms with Gasteiger partial charge in [-0.15, -0.1) is 0 Å². The lowest BCUT2D eigenvalue weighted by Crippen LogP contribution is -2.60. The van der Waals surface area contributed by atoms with Crippen molar-refractivity contribution in [1.82, 2.24) is 5.32 Å². The normalized spacial score (nSPS) is 39.1. The third-order valence-electron chi connectivity index (χ3n) is 3.54. The van der Waals surface area contributed by atoms with Crippen molar-refractivity contribution in [3.05, 3.63) is 0 Å². The molecule has 2 unspecified atom stereocenters. The molecule has 0 aliphatic carbocycles. The highest BCUT2D eigenvalue weighted by molar-refractivity contribution is 7.91. The highest BCUT2D eigenvalue weighted by Crippen LogP contribution is 2.33. The van der Waals surface area contributed by atoms with E-state index in [0.29, 0.717) is 19.1 Å². The molecular weight excluding hydrogens is 226 g/mol. The minimum Gasteiger partial charge on any atom is -0.359 e. The van der Waals surface area contributed by atoms with Crippen LogP contribution in [0.2, 0.25) is 0 Å². The molecule has 0 aromatic heterocycles. The molecule has 0 radical (unpaired) electrons. The Balaban J connectivity index is 2.14. The third kappa shape index (κ3) is 2.41. The maximum atomic E-state index is 11.5. The summed E-state index contributed by atoms with van der Waals surface area (Å²) in [5.41, 5.74) is -0.460. The Morgan fingerprint density at radius 3 is 2.56 bits per heavy atom. The molecule has 2 heterocycles. The van der Waals surface area contributed by atoms with Gasteiger partial charge in [0, 0.05) is 12.5 Å². The Morgan fingerprint density at radius 2 is 2.06 bits per heavy atom. The SMILES string of the molecule is CC(C)(C)C1CCOC2(CCS(=O)(=O)C2)N1. The van der Waals surface area contributed by atoms with Crippen LogP contribution >= 0.6 is 0 Å². The second-order valence-electron chi connectivity index (χ2n) is 6.04. The Bertz CT molecular complexity index is 371. The van der Waals surface area contributed by atoms with Crippen LogP contribution in [0.4, 0.5) is 0 Å². The number of sulfone groups is 1. The molecule has 0 saturated carbocycles. The highest BCUT2D eigenvalue weighted by Gasteiger charge is 2.48. The number of rotatable bonds is 0. The van der Waals surface area contributed by atoms with Crippen molar-refractivity contribution >= 4 is 9.84 Å². The van der Waals surface area contributed by atoms with Crippen LogP contribution in [0.1, 0.15) is 33.6 Å². The molecule has 4 nitrogen and oxygen atoms in total. The molecule has 2 aliphatic rings. The first-order chi connectivity index (χ1) is 7.23. The van der Waals surface area contributed by atoms with Crippen LogP contribution in [-0.4, -0.2) is 38.3 Å². The van der Waals surface area contributed by atoms with E-state index < -0.39 is 15.6 Å². The van der Waals surface area contributed by atoms with Gasteiger partial charge in [-0.05, 0) is 11.8 Å². The zero-order valence-corrected chi connectivity index (χ0v) is 11.1. The largest absolute Gasteiger partial charge is 0.359 e. The fourth-order valence-electron chi connectivity index (χ4n) is 2.50. The van der Waals surface area contributed by atoms with Gasteiger partial charge < -0.3 is 4.74 Å². The van der Waals surface area contributed by atoms with Gasteiger partial charge in [-0.1, -0.05) is 20.8 Å². The molecule has 2 atom stereocenters. The molecule has 2 fully saturated rings. The fourth-order valence-corrected chi connectivity index (χ4v) is 4.31. The van der Waals surface area contributed by atoms with Crippen molar-refractivity contribution in [2.24, 2.45) is 5.41 Å². The molecule has 16 heavy (non-hydrogen) atoms. The summed E-state index contributed by atoms with van der Waals surface area (Å²) in [5, 5.41) is 3.42. The Morgan fingerprint density at radius 1 is 1.38 bits per heavy atom. The second kappa shape index (κ2) is 3.68. The van der Waals surface area contributed by atoms with Crippen LogP contribution in [0.15, 0.2) is 0 Å². The fraction of sp³-hybridized carbons (Fsp3) is 1.00. The van der Waals surface area contributed by atoms with Gasteiger partial charge in [0.15, 0.2) is 9.84 Å². The first kappa shape index (κ1) is 12.3. The molecule has 0 aromatic carbocycles. The van der Waals surface area contributed by atoms with E-state index in [4.69, 9.17) is 4.74 Å². The van der Waals surface area contributed by atoms with Crippen molar-refractivity contribution in [3.8, 4) is 0 Å². The maximum absolute atomic E-state index is 11.5. The van der Waals surface area contributed by atoms with Crippen molar-refractivity contribution in [3.63, 3.8) is 0 Å². The smallest absolute Gasteiger partial charge is 0.154 e. The third-order valence-corrected chi connectivity index (χ3v) is 5.27. The van der Waals surface area contributed by atoms with Crippen LogP contribution in [0.25, 0.3) is 0 Å². The first-order valence-corrected chi connectivity index (χ1v) is 7.67. The van der Waals surface area contributed by atoms with E-state index in [1.165, 1.54) is 0 Å². The predicted molar refractivity (Wildman–Crippen MR) is 62.9 cm³/mol. The van der Waals surface area contributed by atoms with Gasteiger partial charge in [0.05, 0.1) is 18.1 Å². The van der Waals surface area contributed by atoms with Gasteiger partial charge in [-0.25, -0.2) is 8.42 Å². The summed E-state index contributed by atoms with van der Waals surface area (Å²) in [6.07, 6.45) is 1.53. The molecule has 2 aliphatic heterocycles. The van der Waals surface area contributed by atoms with E-state index in [-0.39, 0.29) is 16.9 Å². The molecular formula is C11H21NO3S. The van der Waals surface area contributed by atoms with Gasteiger partial charge in [0.25, 0.3) is 0 Å². The minimum absolute atomic E-state index is 0.132. The van der Waals surface area contributed by atoms with Crippen LogP contribution < -0.4 is 5.32 Å². The molecule has 1 N–H and O–H groups in total. The van der Waals surface area contributed by atoms with Gasteiger partial charge >= 0.3 is 0 Å². The van der Waals surface area contributed by atoms with Crippen molar-refractivity contribution in [1.29, 1.82) is 0 Å². The summed E-state index contributed by atoms with van der Waals surface area (Å²) in [6, 6.07) is 0.328. The number of ether oxygens (including phenoxy) is 1. The molecule has 5 heteroatoms. The lowest BCUT2D eigenvalue weighted by Gasteiger charge is -2.44. The van der Waals surface area contributed by atoms with Crippen LogP contribution in [0.5, 0.6) is 0 Å². The standard InChI is InChI=1S/C11H21NO3S/c1-10(2,3)9-4-6-15-11(12-9)5-7-16(13,14)8-11/h9,12H,4-8H2,1-3H3. The Hall–Kier alpha value is -0.130. The summed E-state index contributed by atoms with van der Waals surface area (Å²) >= 11 is 0. The Kier molecular flexibility index (Phi) is 2.84. The monoisotopic (exact) mass is 247 g/mol. The van der Waals surface area contributed by atoms with Crippen molar-refractivity contribution in [2.45, 2.75) is 45.4 Å². The summed E-state index contributed by atoms with van der Waals surface area (Å²) in [7, 11) is -2.91. The molecule has 0 aromatic rings. The lowest BCUT2D eigenvalue weighted by molar-refractivity contribution is -0.106. The molecule has 0 bridgehead atoms. The van der Waals surface area contributed by atoms with Gasteiger partial charge in [-0.3, -0.25) is 5.32 Å². The topological polar surface area (TPSA) is 55.4 Å². The second-order valence-corrected chi connectivity index (χ2v) is 8.22. The van der Waals surface area contributed by atoms with Gasteiger partial charge in [-0.2, -0.15) is 0 Å². The lowest BCUT2D eigenvalue weighted by atomic mass is 9.83. The average Bonchev–Trinajstić information content (AvgIpc) is 2.40. The Labute approximate surface area is 97.7 Å². The highest BCUT2D eigenvalue weighted by atomic mass is 32.2. The first-order valence-electron chi connectivity index (χ1n) is 5.85. The zero-order chi connectivity index (χ0) is 12.0. The van der Waals surface area contributed by atoms with Crippen LogP contribution in [-0.2, 0) is 14.6 Å². The number of nitrogens with one attached hydrogen (secondary N) is 1. The van der Waals surface area contributed by atoms with Crippen molar-refractivity contribution in [2.75, 3.05) is 18.1 Å². The quantitative estimate of drug-likeness (QED) is 0.692. The van der Waals surface area contributed by atoms with Crippen LogP contribution in [0.3, 0.4) is 0 Å². The molecule has 2 rings (SSSR count). The number of hydrogen-bond donors (Lipinski definition) is 1. The van der Waals surface area contributed by atoms with Gasteiger partial charge in [0.2, 0.25) is 0 Å². The summed E-state index contributed by atoms with van der Waals surface area (Å²) in [5.74, 6) is 0.378. The molecule has 2 saturated heterocycles.